The maximum Gasteiger partial charge on any atom is 1.00 e. The van der Waals surface area contributed by atoms with E-state index in [2.05, 4.69) is 31.2 Å². The molecule has 0 heterocycles. The molecule has 0 aromatic rings. The summed E-state index contributed by atoms with van der Waals surface area (Å²) >= 11 is 0. The number of aliphatic hydroxyl groups is 1. The van der Waals surface area contributed by atoms with Crippen molar-refractivity contribution in [2.45, 2.75) is 70.8 Å². The normalized spacial score (nSPS) is 13.0. The molecular formula is C18H29NaO3. The summed E-state index contributed by atoms with van der Waals surface area (Å²) in [5, 5.41) is 19.8. The Labute approximate surface area is 157 Å². The summed E-state index contributed by atoms with van der Waals surface area (Å²) in [5.41, 5.74) is 0. The van der Waals surface area contributed by atoms with E-state index < -0.39 is 12.1 Å². The molecule has 1 atom stereocenters. The van der Waals surface area contributed by atoms with Gasteiger partial charge < -0.3 is 15.0 Å². The molecule has 0 aromatic heterocycles. The third kappa shape index (κ3) is 19.7. The Bertz CT molecular complexity index is 335. The first kappa shape index (κ1) is 23.9. The molecule has 0 rings (SSSR count). The molecule has 0 radical (unpaired) electrons. The van der Waals surface area contributed by atoms with E-state index in [0.29, 0.717) is 12.8 Å². The molecule has 120 valence electrons. The first-order chi connectivity index (χ1) is 10.2. The van der Waals surface area contributed by atoms with Crippen molar-refractivity contribution in [3.05, 3.63) is 36.5 Å². The van der Waals surface area contributed by atoms with Crippen LogP contribution in [0.1, 0.15) is 64.7 Å². The number of carbonyl (C=O) groups excluding carboxylic acids is 1. The number of hydrogen-bond donors (Lipinski definition) is 1. The predicted octanol–water partition coefficient (Wildman–Crippen LogP) is 0.301. The number of aliphatic carboxylic acids is 1. The number of rotatable bonds is 13. The molecule has 0 amide bonds. The van der Waals surface area contributed by atoms with E-state index in [1.165, 1.54) is 25.7 Å². The molecule has 0 fully saturated rings. The van der Waals surface area contributed by atoms with E-state index in [4.69, 9.17) is 0 Å². The molecule has 1 N–H and O–H groups in total. The van der Waals surface area contributed by atoms with E-state index in [1.807, 2.05) is 6.08 Å². The summed E-state index contributed by atoms with van der Waals surface area (Å²) in [6.07, 6.45) is 19.4. The van der Waals surface area contributed by atoms with Crippen LogP contribution in [0.3, 0.4) is 0 Å². The van der Waals surface area contributed by atoms with Gasteiger partial charge in [0.05, 0.1) is 6.10 Å². The average Bonchev–Trinajstić information content (AvgIpc) is 2.44. The van der Waals surface area contributed by atoms with Crippen molar-refractivity contribution in [2.75, 3.05) is 0 Å². The Balaban J connectivity index is 0. The van der Waals surface area contributed by atoms with E-state index in [9.17, 15) is 15.0 Å². The molecule has 0 saturated carbocycles. The Hall–Kier alpha value is -0.350. The minimum absolute atomic E-state index is 0. The molecule has 22 heavy (non-hydrogen) atoms. The van der Waals surface area contributed by atoms with Crippen molar-refractivity contribution in [2.24, 2.45) is 0 Å². The number of carboxylic acids is 1. The van der Waals surface area contributed by atoms with Gasteiger partial charge in [-0.3, -0.25) is 0 Å². The minimum atomic E-state index is -1.06. The van der Waals surface area contributed by atoms with E-state index in [1.54, 1.807) is 6.08 Å². The van der Waals surface area contributed by atoms with Gasteiger partial charge >= 0.3 is 29.6 Å². The Morgan fingerprint density at radius 1 is 1.05 bits per heavy atom. The van der Waals surface area contributed by atoms with Crippen LogP contribution in [0.5, 0.6) is 0 Å². The summed E-state index contributed by atoms with van der Waals surface area (Å²) in [7, 11) is 0. The summed E-state index contributed by atoms with van der Waals surface area (Å²) in [4.78, 5) is 10.2. The first-order valence-electron chi connectivity index (χ1n) is 8.01. The van der Waals surface area contributed by atoms with Gasteiger partial charge in [0.25, 0.3) is 0 Å². The molecule has 0 spiro atoms. The van der Waals surface area contributed by atoms with Gasteiger partial charge in [0, 0.05) is 5.97 Å². The number of unbranched alkanes of at least 4 members (excludes halogenated alkanes) is 3. The maximum atomic E-state index is 10.2. The molecule has 0 bridgehead atoms. The van der Waals surface area contributed by atoms with Gasteiger partial charge in [0.1, 0.15) is 0 Å². The monoisotopic (exact) mass is 316 g/mol. The largest absolute Gasteiger partial charge is 1.00 e. The average molecular weight is 316 g/mol. The number of allylic oxidation sites excluding steroid dienone is 5. The van der Waals surface area contributed by atoms with Crippen molar-refractivity contribution in [1.82, 2.24) is 0 Å². The van der Waals surface area contributed by atoms with Crippen LogP contribution >= 0.6 is 0 Å². The second-order valence-electron chi connectivity index (χ2n) is 5.17. The fraction of sp³-hybridized carbons (Fsp3) is 0.611. The van der Waals surface area contributed by atoms with Gasteiger partial charge in [-0.05, 0) is 44.9 Å². The smallest absolute Gasteiger partial charge is 0.550 e. The van der Waals surface area contributed by atoms with Gasteiger partial charge in [-0.2, -0.15) is 0 Å². The van der Waals surface area contributed by atoms with Crippen LogP contribution in [0.15, 0.2) is 36.5 Å². The SMILES string of the molecule is CCCCC/C=C\C/C=C\C/C=C\C(O)CCCC(=O)[O-].[Na+]. The van der Waals surface area contributed by atoms with E-state index in [0.717, 1.165) is 12.8 Å². The topological polar surface area (TPSA) is 60.4 Å². The van der Waals surface area contributed by atoms with Gasteiger partial charge in [-0.25, -0.2) is 0 Å². The summed E-state index contributed by atoms with van der Waals surface area (Å²) in [6, 6.07) is 0. The van der Waals surface area contributed by atoms with Crippen molar-refractivity contribution in [1.29, 1.82) is 0 Å². The van der Waals surface area contributed by atoms with Gasteiger partial charge in [-0.1, -0.05) is 56.2 Å². The zero-order valence-electron chi connectivity index (χ0n) is 14.2. The van der Waals surface area contributed by atoms with Crippen molar-refractivity contribution in [3.8, 4) is 0 Å². The predicted molar refractivity (Wildman–Crippen MR) is 85.7 cm³/mol. The van der Waals surface area contributed by atoms with Crippen molar-refractivity contribution in [3.63, 3.8) is 0 Å². The molecule has 3 nitrogen and oxygen atoms in total. The minimum Gasteiger partial charge on any atom is -0.550 e. The fourth-order valence-electron chi connectivity index (χ4n) is 1.86. The van der Waals surface area contributed by atoms with E-state index >= 15 is 0 Å². The quantitative estimate of drug-likeness (QED) is 0.302. The molecule has 0 aromatic carbocycles. The van der Waals surface area contributed by atoms with Gasteiger partial charge in [0.2, 0.25) is 0 Å². The van der Waals surface area contributed by atoms with Crippen LogP contribution in [-0.2, 0) is 4.79 Å². The first-order valence-corrected chi connectivity index (χ1v) is 8.01. The number of carboxylic acid groups (broad SMARTS) is 1. The summed E-state index contributed by atoms with van der Waals surface area (Å²) in [6.45, 7) is 2.21. The Morgan fingerprint density at radius 3 is 2.32 bits per heavy atom. The van der Waals surface area contributed by atoms with Crippen LogP contribution < -0.4 is 34.7 Å². The maximum absolute atomic E-state index is 10.2. The molecular weight excluding hydrogens is 287 g/mol. The van der Waals surface area contributed by atoms with Crippen molar-refractivity contribution < 1.29 is 44.6 Å². The number of aliphatic hydroxyl groups excluding tert-OH is 1. The second-order valence-corrected chi connectivity index (χ2v) is 5.17. The van der Waals surface area contributed by atoms with Crippen LogP contribution in [0, 0.1) is 0 Å². The second kappa shape index (κ2) is 18.7. The number of hydrogen-bond acceptors (Lipinski definition) is 3. The zero-order valence-corrected chi connectivity index (χ0v) is 16.2. The molecule has 4 heteroatoms. The fourth-order valence-corrected chi connectivity index (χ4v) is 1.86. The molecule has 1 unspecified atom stereocenters. The number of carbonyl (C=O) groups is 1. The van der Waals surface area contributed by atoms with Crippen LogP contribution in [0.2, 0.25) is 0 Å². The zero-order chi connectivity index (χ0) is 15.8. The van der Waals surface area contributed by atoms with Crippen LogP contribution in [0.25, 0.3) is 0 Å². The molecule has 0 saturated heterocycles. The molecule has 0 aliphatic heterocycles. The summed E-state index contributed by atoms with van der Waals surface area (Å²) < 4.78 is 0. The molecule has 0 aliphatic rings. The third-order valence-corrected chi connectivity index (χ3v) is 3.09. The standard InChI is InChI=1S/C18H30O3.Na/c1-2-3-4-5-6-7-8-9-10-11-12-14-17(19)15-13-16-18(20)21;/h6-7,9-10,12,14,17,19H,2-5,8,11,13,15-16H2,1H3,(H,20,21);/q;+1/p-1/b7-6-,10-9-,14-12-;. The Morgan fingerprint density at radius 2 is 1.68 bits per heavy atom. The van der Waals surface area contributed by atoms with Gasteiger partial charge in [-0.15, -0.1) is 0 Å². The molecule has 0 aliphatic carbocycles. The van der Waals surface area contributed by atoms with E-state index in [-0.39, 0.29) is 36.0 Å². The van der Waals surface area contributed by atoms with Crippen molar-refractivity contribution >= 4 is 5.97 Å². The third-order valence-electron chi connectivity index (χ3n) is 3.09. The van der Waals surface area contributed by atoms with Crippen LogP contribution in [-0.4, -0.2) is 17.2 Å². The summed E-state index contributed by atoms with van der Waals surface area (Å²) in [5.74, 6) is -1.06. The van der Waals surface area contributed by atoms with Crippen LogP contribution in [0.4, 0.5) is 0 Å². The van der Waals surface area contributed by atoms with Gasteiger partial charge in [0.15, 0.2) is 0 Å². The Kier molecular flexibility index (Phi) is 20.3.